The number of carbonyl (C=O) groups excluding carboxylic acids is 1. The molecule has 1 amide bonds. The van der Waals surface area contributed by atoms with Crippen molar-refractivity contribution in [2.24, 2.45) is 7.05 Å². The molecule has 36 heavy (non-hydrogen) atoms. The van der Waals surface area contributed by atoms with E-state index in [4.69, 9.17) is 4.74 Å². The zero-order valence-electron chi connectivity index (χ0n) is 19.7. The number of nitrogens with zero attached hydrogens (tertiary/aromatic N) is 4. The van der Waals surface area contributed by atoms with E-state index in [1.807, 2.05) is 0 Å². The maximum Gasteiger partial charge on any atom is 0.332 e. The Morgan fingerprint density at radius 1 is 1.17 bits per heavy atom. The molecule has 0 bridgehead atoms. The van der Waals surface area contributed by atoms with Gasteiger partial charge in [-0.15, -0.1) is 0 Å². The van der Waals surface area contributed by atoms with Crippen LogP contribution in [0.5, 0.6) is 11.6 Å². The second-order valence-electron chi connectivity index (χ2n) is 8.29. The second-order valence-corrected chi connectivity index (χ2v) is 8.29. The van der Waals surface area contributed by atoms with Crippen molar-refractivity contribution < 1.29 is 23.4 Å². The number of pyridine rings is 1. The van der Waals surface area contributed by atoms with Crippen LogP contribution in [0.25, 0.3) is 6.08 Å². The molecule has 0 unspecified atom stereocenters. The summed E-state index contributed by atoms with van der Waals surface area (Å²) in [4.78, 5) is 44.7. The molecule has 2 aromatic heterocycles. The van der Waals surface area contributed by atoms with Crippen LogP contribution in [0.2, 0.25) is 0 Å². The van der Waals surface area contributed by atoms with Gasteiger partial charge in [-0.3, -0.25) is 18.7 Å². The van der Waals surface area contributed by atoms with Gasteiger partial charge in [0, 0.05) is 45.0 Å². The van der Waals surface area contributed by atoms with Gasteiger partial charge in [0.05, 0.1) is 19.2 Å². The summed E-state index contributed by atoms with van der Waals surface area (Å²) in [5.41, 5.74) is -0.319. The Morgan fingerprint density at radius 2 is 1.86 bits per heavy atom. The van der Waals surface area contributed by atoms with Crippen LogP contribution in [-0.4, -0.2) is 45.8 Å². The molecule has 3 heterocycles. The van der Waals surface area contributed by atoms with Gasteiger partial charge in [0.1, 0.15) is 5.82 Å². The fourth-order valence-corrected chi connectivity index (χ4v) is 4.06. The quantitative estimate of drug-likeness (QED) is 0.522. The highest BCUT2D eigenvalue weighted by atomic mass is 19.1. The number of anilines is 1. The van der Waals surface area contributed by atoms with Gasteiger partial charge in [0.25, 0.3) is 5.56 Å². The first kappa shape index (κ1) is 24.6. The summed E-state index contributed by atoms with van der Waals surface area (Å²) < 4.78 is 34.7. The van der Waals surface area contributed by atoms with Crippen LogP contribution < -0.4 is 26.2 Å². The number of rotatable bonds is 6. The van der Waals surface area contributed by atoms with Crippen molar-refractivity contribution in [2.45, 2.75) is 13.1 Å². The van der Waals surface area contributed by atoms with E-state index in [0.29, 0.717) is 11.7 Å². The third-order valence-electron chi connectivity index (χ3n) is 5.81. The summed E-state index contributed by atoms with van der Waals surface area (Å²) in [6.07, 6.45) is 2.97. The molecule has 0 saturated carbocycles. The zero-order chi connectivity index (χ0) is 26.1. The maximum absolute atomic E-state index is 13.8. The summed E-state index contributed by atoms with van der Waals surface area (Å²) in [5, 5.41) is 12.1. The monoisotopic (exact) mass is 499 g/mol. The number of aromatic hydroxyl groups is 1. The van der Waals surface area contributed by atoms with E-state index in [1.165, 1.54) is 24.8 Å². The number of amides is 1. The first-order valence-corrected chi connectivity index (χ1v) is 10.8. The molecule has 4 rings (SSSR count). The van der Waals surface area contributed by atoms with E-state index in [9.17, 15) is 28.3 Å². The minimum absolute atomic E-state index is 0.0270. The molecule has 1 aliphatic heterocycles. The highest BCUT2D eigenvalue weighted by Gasteiger charge is 2.26. The molecule has 1 aliphatic rings. The number of benzene rings is 1. The molecule has 12 heteroatoms. The topological polar surface area (TPSA) is 119 Å². The third-order valence-corrected chi connectivity index (χ3v) is 5.81. The van der Waals surface area contributed by atoms with Gasteiger partial charge >= 0.3 is 5.69 Å². The van der Waals surface area contributed by atoms with Crippen LogP contribution in [0, 0.1) is 11.6 Å². The zero-order valence-corrected chi connectivity index (χ0v) is 19.7. The lowest BCUT2D eigenvalue weighted by atomic mass is 10.1. The Labute approximate surface area is 203 Å². The van der Waals surface area contributed by atoms with E-state index < -0.39 is 41.1 Å². The molecule has 0 radical (unpaired) electrons. The van der Waals surface area contributed by atoms with Crippen molar-refractivity contribution in [2.75, 3.05) is 25.6 Å². The third kappa shape index (κ3) is 4.57. The van der Waals surface area contributed by atoms with Crippen molar-refractivity contribution in [1.82, 2.24) is 19.4 Å². The summed E-state index contributed by atoms with van der Waals surface area (Å²) in [7, 11) is 4.58. The summed E-state index contributed by atoms with van der Waals surface area (Å²) in [6, 6.07) is 5.10. The van der Waals surface area contributed by atoms with Crippen LogP contribution in [-0.2, 0) is 24.9 Å². The molecular formula is C24H23F2N5O5. The molecule has 0 aliphatic carbocycles. The standard InChI is InChI=1S/C24H23F2N5O5/c1-29-12-15(21(33)28-10-13-4-5-27-19(8-13)36-3)9-16-22(29)30(2)24(35)31(23(16)34)11-14-6-17(25)20(32)18(26)7-14/h4-9,32H,10-12H2,1-3H3,(H,28,33). The molecule has 0 spiro atoms. The van der Waals surface area contributed by atoms with Crippen LogP contribution in [0.4, 0.5) is 14.6 Å². The number of ether oxygens (including phenoxy) is 1. The van der Waals surface area contributed by atoms with Crippen molar-refractivity contribution in [3.05, 3.63) is 85.2 Å². The largest absolute Gasteiger partial charge is 0.503 e. The van der Waals surface area contributed by atoms with E-state index >= 15 is 0 Å². The smallest absolute Gasteiger partial charge is 0.332 e. The van der Waals surface area contributed by atoms with Gasteiger partial charge in [-0.05, 0) is 35.4 Å². The lowest BCUT2D eigenvalue weighted by Crippen LogP contribution is -2.45. The number of phenols is 1. The number of methoxy groups -OCH3 is 1. The fourth-order valence-electron chi connectivity index (χ4n) is 4.06. The Hall–Kier alpha value is -4.48. The highest BCUT2D eigenvalue weighted by Crippen LogP contribution is 2.25. The average molecular weight is 499 g/mol. The lowest BCUT2D eigenvalue weighted by molar-refractivity contribution is -0.117. The Bertz CT molecular complexity index is 1490. The number of fused-ring (bicyclic) bond motifs is 1. The number of aromatic nitrogens is 3. The molecule has 3 aromatic rings. The van der Waals surface area contributed by atoms with Gasteiger partial charge in [-0.1, -0.05) is 0 Å². The van der Waals surface area contributed by atoms with Crippen LogP contribution in [0.1, 0.15) is 16.7 Å². The number of hydrogen-bond donors (Lipinski definition) is 2. The molecule has 0 saturated heterocycles. The Kier molecular flexibility index (Phi) is 6.60. The van der Waals surface area contributed by atoms with E-state index in [-0.39, 0.29) is 29.8 Å². The molecule has 188 valence electrons. The first-order chi connectivity index (χ1) is 17.1. The minimum Gasteiger partial charge on any atom is -0.503 e. The second kappa shape index (κ2) is 9.64. The molecule has 1 aromatic carbocycles. The molecular weight excluding hydrogens is 476 g/mol. The van der Waals surface area contributed by atoms with Crippen molar-refractivity contribution in [3.63, 3.8) is 0 Å². The minimum atomic E-state index is -1.21. The average Bonchev–Trinajstić information content (AvgIpc) is 2.86. The number of likely N-dealkylation sites (N-methyl/N-ethyl adjacent to an activating group) is 1. The van der Waals surface area contributed by atoms with Gasteiger partial charge in [-0.25, -0.2) is 18.6 Å². The van der Waals surface area contributed by atoms with Crippen molar-refractivity contribution >= 4 is 17.8 Å². The first-order valence-electron chi connectivity index (χ1n) is 10.8. The number of phenolic OH excluding ortho intramolecular Hbond substituents is 1. The number of carbonyl (C=O) groups is 1. The van der Waals surface area contributed by atoms with Crippen molar-refractivity contribution in [3.8, 4) is 11.6 Å². The van der Waals surface area contributed by atoms with Crippen LogP contribution >= 0.6 is 0 Å². The highest BCUT2D eigenvalue weighted by molar-refractivity contribution is 6.00. The van der Waals surface area contributed by atoms with E-state index in [2.05, 4.69) is 10.3 Å². The van der Waals surface area contributed by atoms with Crippen LogP contribution in [0.3, 0.4) is 0 Å². The van der Waals surface area contributed by atoms with E-state index in [1.54, 1.807) is 30.3 Å². The molecule has 10 nitrogen and oxygen atoms in total. The summed E-state index contributed by atoms with van der Waals surface area (Å²) in [5.74, 6) is -3.26. The van der Waals surface area contributed by atoms with Crippen LogP contribution in [0.15, 0.2) is 45.6 Å². The molecule has 0 atom stereocenters. The SMILES string of the molecule is COc1cc(CNC(=O)C2=Cc3c(n(C)c(=O)n(Cc4cc(F)c(O)c(F)c4)c3=O)N(C)C2)ccn1. The Balaban J connectivity index is 1.68. The number of halogens is 2. The normalized spacial score (nSPS) is 12.7. The van der Waals surface area contributed by atoms with E-state index in [0.717, 1.165) is 22.3 Å². The van der Waals surface area contributed by atoms with Crippen molar-refractivity contribution in [1.29, 1.82) is 0 Å². The summed E-state index contributed by atoms with van der Waals surface area (Å²) in [6.45, 7) is -0.0966. The molecule has 0 fully saturated rings. The fraction of sp³-hybridized carbons (Fsp3) is 0.250. The lowest BCUT2D eigenvalue weighted by Gasteiger charge is -2.29. The molecule has 2 N–H and O–H groups in total. The summed E-state index contributed by atoms with van der Waals surface area (Å²) >= 11 is 0. The van der Waals surface area contributed by atoms with Gasteiger partial charge < -0.3 is 20.1 Å². The number of nitrogens with one attached hydrogen (secondary N) is 1. The van der Waals surface area contributed by atoms with Gasteiger partial charge in [-0.2, -0.15) is 0 Å². The predicted octanol–water partition coefficient (Wildman–Crippen LogP) is 1.13. The maximum atomic E-state index is 13.8. The predicted molar refractivity (Wildman–Crippen MR) is 127 cm³/mol. The van der Waals surface area contributed by atoms with Gasteiger partial charge in [0.15, 0.2) is 17.4 Å². The van der Waals surface area contributed by atoms with Gasteiger partial charge in [0.2, 0.25) is 11.8 Å². The number of hydrogen-bond acceptors (Lipinski definition) is 7. The Morgan fingerprint density at radius 3 is 2.53 bits per heavy atom.